The van der Waals surface area contributed by atoms with Crippen LogP contribution >= 0.6 is 0 Å². The van der Waals surface area contributed by atoms with E-state index in [0.717, 1.165) is 12.8 Å². The number of nitrogens with one attached hydrogen (secondary N) is 1. The highest BCUT2D eigenvalue weighted by atomic mass is 16.5. The van der Waals surface area contributed by atoms with Crippen molar-refractivity contribution in [2.45, 2.75) is 57.0 Å². The molecule has 0 aliphatic heterocycles. The fourth-order valence-corrected chi connectivity index (χ4v) is 2.33. The Kier molecular flexibility index (Phi) is 5.22. The van der Waals surface area contributed by atoms with Crippen molar-refractivity contribution in [3.63, 3.8) is 0 Å². The van der Waals surface area contributed by atoms with E-state index < -0.39 is 11.5 Å². The minimum atomic E-state index is -0.955. The molecule has 2 N–H and O–H groups in total. The monoisotopic (exact) mass is 229 g/mol. The summed E-state index contributed by atoms with van der Waals surface area (Å²) in [6, 6.07) is 0.318. The standard InChI is InChI=1S/C12H23NO3/c1-12(9-16-2,11(14)15)13-10-7-5-3-4-6-8-10/h10,13H,3-9H2,1-2H3,(H,14,15). The van der Waals surface area contributed by atoms with Crippen molar-refractivity contribution in [1.82, 2.24) is 5.32 Å². The molecule has 1 rings (SSSR count). The van der Waals surface area contributed by atoms with Gasteiger partial charge in [0.05, 0.1) is 6.61 Å². The molecule has 1 aliphatic rings. The normalized spacial score (nSPS) is 22.4. The highest BCUT2D eigenvalue weighted by Gasteiger charge is 2.35. The maximum atomic E-state index is 11.2. The zero-order chi connectivity index (χ0) is 12.0. The number of carboxylic acids is 1. The van der Waals surface area contributed by atoms with E-state index in [2.05, 4.69) is 5.32 Å². The molecular formula is C12H23NO3. The van der Waals surface area contributed by atoms with Gasteiger partial charge in [-0.15, -0.1) is 0 Å². The molecule has 4 nitrogen and oxygen atoms in total. The van der Waals surface area contributed by atoms with Gasteiger partial charge in [0, 0.05) is 13.2 Å². The predicted octanol–water partition coefficient (Wildman–Crippen LogP) is 1.79. The van der Waals surface area contributed by atoms with Gasteiger partial charge in [-0.1, -0.05) is 25.7 Å². The lowest BCUT2D eigenvalue weighted by molar-refractivity contribution is -0.146. The van der Waals surface area contributed by atoms with Crippen molar-refractivity contribution in [1.29, 1.82) is 0 Å². The van der Waals surface area contributed by atoms with Gasteiger partial charge >= 0.3 is 5.97 Å². The Bertz CT molecular complexity index is 224. The highest BCUT2D eigenvalue weighted by Crippen LogP contribution is 2.19. The smallest absolute Gasteiger partial charge is 0.326 e. The summed E-state index contributed by atoms with van der Waals surface area (Å²) in [6.45, 7) is 1.91. The Morgan fingerprint density at radius 2 is 1.94 bits per heavy atom. The number of rotatable bonds is 5. The first-order valence-electron chi connectivity index (χ1n) is 6.08. The second-order valence-electron chi connectivity index (χ2n) is 4.90. The molecule has 0 aromatic heterocycles. The fraction of sp³-hybridized carbons (Fsp3) is 0.917. The number of hydrogen-bond acceptors (Lipinski definition) is 3. The third-order valence-electron chi connectivity index (χ3n) is 3.28. The topological polar surface area (TPSA) is 58.6 Å². The zero-order valence-electron chi connectivity index (χ0n) is 10.3. The number of methoxy groups -OCH3 is 1. The van der Waals surface area contributed by atoms with E-state index in [1.54, 1.807) is 6.92 Å². The van der Waals surface area contributed by atoms with Crippen molar-refractivity contribution in [3.05, 3.63) is 0 Å². The molecule has 0 aromatic carbocycles. The molecule has 0 radical (unpaired) electrons. The minimum Gasteiger partial charge on any atom is -0.480 e. The van der Waals surface area contributed by atoms with Crippen LogP contribution in [0.4, 0.5) is 0 Å². The van der Waals surface area contributed by atoms with E-state index in [0.29, 0.717) is 6.04 Å². The quantitative estimate of drug-likeness (QED) is 0.706. The van der Waals surface area contributed by atoms with Gasteiger partial charge in [-0.25, -0.2) is 0 Å². The number of carboxylic acid groups (broad SMARTS) is 1. The van der Waals surface area contributed by atoms with Crippen molar-refractivity contribution in [2.75, 3.05) is 13.7 Å². The van der Waals surface area contributed by atoms with Gasteiger partial charge in [-0.2, -0.15) is 0 Å². The Morgan fingerprint density at radius 1 is 1.38 bits per heavy atom. The third kappa shape index (κ3) is 3.76. The average molecular weight is 229 g/mol. The molecule has 1 fully saturated rings. The third-order valence-corrected chi connectivity index (χ3v) is 3.28. The van der Waals surface area contributed by atoms with Gasteiger partial charge in [-0.3, -0.25) is 10.1 Å². The lowest BCUT2D eigenvalue weighted by Gasteiger charge is -2.30. The summed E-state index contributed by atoms with van der Waals surface area (Å²) >= 11 is 0. The maximum absolute atomic E-state index is 11.2. The summed E-state index contributed by atoms with van der Waals surface area (Å²) in [6.07, 6.45) is 7.08. The van der Waals surface area contributed by atoms with E-state index >= 15 is 0 Å². The Labute approximate surface area is 97.4 Å². The molecule has 1 atom stereocenters. The Morgan fingerprint density at radius 3 is 2.38 bits per heavy atom. The molecular weight excluding hydrogens is 206 g/mol. The first kappa shape index (κ1) is 13.5. The molecule has 4 heteroatoms. The molecule has 1 aliphatic carbocycles. The Hall–Kier alpha value is -0.610. The molecule has 0 spiro atoms. The molecule has 1 saturated carbocycles. The van der Waals surface area contributed by atoms with Crippen LogP contribution in [0.25, 0.3) is 0 Å². The molecule has 0 saturated heterocycles. The van der Waals surface area contributed by atoms with Crippen LogP contribution in [0.1, 0.15) is 45.4 Å². The van der Waals surface area contributed by atoms with E-state index in [1.807, 2.05) is 0 Å². The Balaban J connectivity index is 2.55. The SMILES string of the molecule is COCC(C)(NC1CCCCCC1)C(=O)O. The zero-order valence-corrected chi connectivity index (χ0v) is 10.3. The van der Waals surface area contributed by atoms with Crippen LogP contribution < -0.4 is 5.32 Å². The van der Waals surface area contributed by atoms with Crippen molar-refractivity contribution >= 4 is 5.97 Å². The van der Waals surface area contributed by atoms with Crippen LogP contribution in [-0.2, 0) is 9.53 Å². The fourth-order valence-electron chi connectivity index (χ4n) is 2.33. The summed E-state index contributed by atoms with van der Waals surface area (Å²) in [5, 5.41) is 12.5. The van der Waals surface area contributed by atoms with E-state index in [4.69, 9.17) is 4.74 Å². The van der Waals surface area contributed by atoms with Gasteiger partial charge in [0.1, 0.15) is 5.54 Å². The second kappa shape index (κ2) is 6.21. The predicted molar refractivity (Wildman–Crippen MR) is 62.5 cm³/mol. The lowest BCUT2D eigenvalue weighted by Crippen LogP contribution is -2.56. The average Bonchev–Trinajstić information content (AvgIpc) is 2.46. The molecule has 0 heterocycles. The van der Waals surface area contributed by atoms with Crippen molar-refractivity contribution in [3.8, 4) is 0 Å². The van der Waals surface area contributed by atoms with Gasteiger partial charge in [0.15, 0.2) is 0 Å². The molecule has 0 aromatic rings. The number of aliphatic carboxylic acids is 1. The first-order valence-corrected chi connectivity index (χ1v) is 6.08. The van der Waals surface area contributed by atoms with Crippen LogP contribution in [0.2, 0.25) is 0 Å². The van der Waals surface area contributed by atoms with Crippen LogP contribution in [-0.4, -0.2) is 36.4 Å². The highest BCUT2D eigenvalue weighted by molar-refractivity contribution is 5.78. The van der Waals surface area contributed by atoms with E-state index in [9.17, 15) is 9.90 Å². The second-order valence-corrected chi connectivity index (χ2v) is 4.90. The molecule has 1 unspecified atom stereocenters. The number of hydrogen-bond donors (Lipinski definition) is 2. The number of ether oxygens (including phenoxy) is 1. The van der Waals surface area contributed by atoms with Gasteiger partial charge < -0.3 is 9.84 Å². The van der Waals surface area contributed by atoms with E-state index in [-0.39, 0.29) is 6.61 Å². The summed E-state index contributed by atoms with van der Waals surface area (Å²) in [4.78, 5) is 11.2. The van der Waals surface area contributed by atoms with Gasteiger partial charge in [-0.05, 0) is 19.8 Å². The van der Waals surface area contributed by atoms with E-state index in [1.165, 1.54) is 32.8 Å². The van der Waals surface area contributed by atoms with Crippen LogP contribution in [0.15, 0.2) is 0 Å². The summed E-state index contributed by atoms with van der Waals surface area (Å²) in [5.74, 6) is -0.835. The van der Waals surface area contributed by atoms with Crippen LogP contribution in [0, 0.1) is 0 Å². The van der Waals surface area contributed by atoms with Crippen LogP contribution in [0.3, 0.4) is 0 Å². The van der Waals surface area contributed by atoms with Crippen LogP contribution in [0.5, 0.6) is 0 Å². The number of carbonyl (C=O) groups is 1. The van der Waals surface area contributed by atoms with Gasteiger partial charge in [0.2, 0.25) is 0 Å². The summed E-state index contributed by atoms with van der Waals surface area (Å²) in [7, 11) is 1.54. The maximum Gasteiger partial charge on any atom is 0.326 e. The van der Waals surface area contributed by atoms with Crippen molar-refractivity contribution in [2.24, 2.45) is 0 Å². The molecule has 0 bridgehead atoms. The largest absolute Gasteiger partial charge is 0.480 e. The minimum absolute atomic E-state index is 0.207. The summed E-state index contributed by atoms with van der Waals surface area (Å²) in [5.41, 5.74) is -0.955. The lowest BCUT2D eigenvalue weighted by atomic mass is 9.99. The molecule has 16 heavy (non-hydrogen) atoms. The molecule has 94 valence electrons. The summed E-state index contributed by atoms with van der Waals surface area (Å²) < 4.78 is 5.00. The van der Waals surface area contributed by atoms with Crippen molar-refractivity contribution < 1.29 is 14.6 Å². The first-order chi connectivity index (χ1) is 7.58. The van der Waals surface area contributed by atoms with Gasteiger partial charge in [0.25, 0.3) is 0 Å². The molecule has 0 amide bonds.